The zero-order valence-electron chi connectivity index (χ0n) is 9.20. The van der Waals surface area contributed by atoms with Crippen LogP contribution in [-0.2, 0) is 0 Å². The first-order valence-corrected chi connectivity index (χ1v) is 5.50. The molecule has 1 rings (SSSR count). The normalized spacial score (nSPS) is 12.9. The molecule has 2 heteroatoms. The maximum atomic E-state index is 9.53. The second-order valence-electron chi connectivity index (χ2n) is 4.27. The maximum Gasteiger partial charge on any atom is 0.0594 e. The minimum Gasteiger partial charge on any atom is -0.390 e. The van der Waals surface area contributed by atoms with Crippen molar-refractivity contribution >= 4 is 16.6 Å². The first-order chi connectivity index (χ1) is 6.99. The van der Waals surface area contributed by atoms with E-state index in [1.165, 1.54) is 0 Å². The van der Waals surface area contributed by atoms with Gasteiger partial charge in [-0.05, 0) is 32.3 Å². The van der Waals surface area contributed by atoms with Gasteiger partial charge in [0.25, 0.3) is 0 Å². The quantitative estimate of drug-likeness (QED) is 0.825. The summed E-state index contributed by atoms with van der Waals surface area (Å²) in [7, 11) is 0. The van der Waals surface area contributed by atoms with Crippen LogP contribution >= 0.6 is 11.6 Å². The van der Waals surface area contributed by atoms with Gasteiger partial charge in [0.15, 0.2) is 0 Å². The van der Waals surface area contributed by atoms with E-state index in [-0.39, 0.29) is 0 Å². The fourth-order valence-electron chi connectivity index (χ4n) is 1.27. The van der Waals surface area contributed by atoms with E-state index in [9.17, 15) is 5.11 Å². The molecule has 1 aromatic carbocycles. The number of hydrogen-bond donors (Lipinski definition) is 1. The Bertz CT molecular complexity index is 322. The first-order valence-electron chi connectivity index (χ1n) is 5.12. The van der Waals surface area contributed by atoms with Gasteiger partial charge >= 0.3 is 0 Å². The first kappa shape index (κ1) is 12.3. The molecular weight excluding hydrogens is 208 g/mol. The molecule has 0 saturated heterocycles. The number of rotatable bonds is 4. The molecule has 0 fully saturated rings. The van der Waals surface area contributed by atoms with Crippen LogP contribution in [0.1, 0.15) is 32.3 Å². The number of benzene rings is 1. The van der Waals surface area contributed by atoms with Crippen molar-refractivity contribution in [3.63, 3.8) is 0 Å². The Morgan fingerprint density at radius 3 is 2.47 bits per heavy atom. The average molecular weight is 225 g/mol. The Hall–Kier alpha value is -0.790. The van der Waals surface area contributed by atoms with E-state index in [1.54, 1.807) is 13.8 Å². The highest BCUT2D eigenvalue weighted by Gasteiger charge is 2.10. The molecule has 82 valence electrons. The topological polar surface area (TPSA) is 20.2 Å². The fraction of sp³-hybridized carbons (Fsp3) is 0.385. The van der Waals surface area contributed by atoms with Gasteiger partial charge in [-0.1, -0.05) is 48.0 Å². The highest BCUT2D eigenvalue weighted by Crippen LogP contribution is 2.20. The zero-order valence-corrected chi connectivity index (χ0v) is 9.96. The van der Waals surface area contributed by atoms with Crippen LogP contribution in [0.15, 0.2) is 36.4 Å². The van der Waals surface area contributed by atoms with Crippen LogP contribution in [0.4, 0.5) is 0 Å². The molecule has 0 aliphatic carbocycles. The minimum absolute atomic E-state index is 0.621. The summed E-state index contributed by atoms with van der Waals surface area (Å²) >= 11 is 6.11. The Morgan fingerprint density at radius 1 is 1.33 bits per heavy atom. The van der Waals surface area contributed by atoms with Gasteiger partial charge < -0.3 is 5.11 Å². The molecule has 0 saturated carbocycles. The summed E-state index contributed by atoms with van der Waals surface area (Å²) in [6.07, 6.45) is 3.46. The molecule has 0 bridgehead atoms. The number of hydrogen-bond acceptors (Lipinski definition) is 1. The second kappa shape index (κ2) is 5.34. The van der Waals surface area contributed by atoms with Crippen LogP contribution in [0, 0.1) is 0 Å². The molecule has 1 nitrogen and oxygen atoms in total. The largest absolute Gasteiger partial charge is 0.390 e. The van der Waals surface area contributed by atoms with Gasteiger partial charge in [0.1, 0.15) is 0 Å². The van der Waals surface area contributed by atoms with Crippen molar-refractivity contribution in [3.05, 3.63) is 42.0 Å². The van der Waals surface area contributed by atoms with E-state index >= 15 is 0 Å². The molecule has 0 aromatic heterocycles. The third-order valence-corrected chi connectivity index (χ3v) is 2.50. The zero-order chi connectivity index (χ0) is 11.3. The molecule has 1 N–H and O–H groups in total. The Balaban J connectivity index is 2.54. The highest BCUT2D eigenvalue weighted by atomic mass is 35.5. The molecule has 0 aliphatic heterocycles. The lowest BCUT2D eigenvalue weighted by Crippen LogP contribution is -2.17. The second-order valence-corrected chi connectivity index (χ2v) is 4.68. The van der Waals surface area contributed by atoms with Crippen LogP contribution in [0.2, 0.25) is 0 Å². The summed E-state index contributed by atoms with van der Waals surface area (Å²) in [6, 6.07) is 9.83. The monoisotopic (exact) mass is 224 g/mol. The molecule has 0 radical (unpaired) electrons. The minimum atomic E-state index is -0.621. The lowest BCUT2D eigenvalue weighted by atomic mass is 10.0. The van der Waals surface area contributed by atoms with Gasteiger partial charge in [0.05, 0.1) is 5.60 Å². The van der Waals surface area contributed by atoms with Crippen molar-refractivity contribution in [2.24, 2.45) is 0 Å². The predicted octanol–water partition coefficient (Wildman–Crippen LogP) is 3.82. The van der Waals surface area contributed by atoms with E-state index in [1.807, 2.05) is 36.4 Å². The summed E-state index contributed by atoms with van der Waals surface area (Å²) in [6.45, 7) is 3.61. The van der Waals surface area contributed by atoms with Gasteiger partial charge in [-0.2, -0.15) is 0 Å². The Kier molecular flexibility index (Phi) is 4.37. The molecule has 0 heterocycles. The van der Waals surface area contributed by atoms with Gasteiger partial charge in [-0.3, -0.25) is 0 Å². The van der Waals surface area contributed by atoms with Crippen LogP contribution in [0.25, 0.3) is 5.03 Å². The third kappa shape index (κ3) is 5.01. The highest BCUT2D eigenvalue weighted by molar-refractivity contribution is 6.48. The van der Waals surface area contributed by atoms with Crippen molar-refractivity contribution in [3.8, 4) is 0 Å². The van der Waals surface area contributed by atoms with Crippen molar-refractivity contribution in [1.29, 1.82) is 0 Å². The number of aliphatic hydroxyl groups is 1. The number of halogens is 1. The van der Waals surface area contributed by atoms with Crippen molar-refractivity contribution in [1.82, 2.24) is 0 Å². The summed E-state index contributed by atoms with van der Waals surface area (Å²) in [4.78, 5) is 0. The van der Waals surface area contributed by atoms with Crippen LogP contribution in [0.3, 0.4) is 0 Å². The SMILES string of the molecule is CC(C)(O)CCC=C(Cl)c1ccccc1. The van der Waals surface area contributed by atoms with E-state index in [4.69, 9.17) is 11.6 Å². The van der Waals surface area contributed by atoms with Gasteiger partial charge in [-0.15, -0.1) is 0 Å². The molecule has 0 spiro atoms. The van der Waals surface area contributed by atoms with E-state index < -0.39 is 5.60 Å². The van der Waals surface area contributed by atoms with Crippen molar-refractivity contribution in [2.45, 2.75) is 32.3 Å². The third-order valence-electron chi connectivity index (χ3n) is 2.13. The maximum absolute atomic E-state index is 9.53. The van der Waals surface area contributed by atoms with Gasteiger partial charge in [0, 0.05) is 5.03 Å². The Labute approximate surface area is 96.4 Å². The van der Waals surface area contributed by atoms with Crippen molar-refractivity contribution in [2.75, 3.05) is 0 Å². The lowest BCUT2D eigenvalue weighted by Gasteiger charge is -2.15. The molecule has 0 amide bonds. The van der Waals surface area contributed by atoms with E-state index in [0.29, 0.717) is 0 Å². The fourth-order valence-corrected chi connectivity index (χ4v) is 1.50. The molecule has 0 unspecified atom stereocenters. The number of allylic oxidation sites excluding steroid dienone is 1. The summed E-state index contributed by atoms with van der Waals surface area (Å²) in [5.74, 6) is 0. The summed E-state index contributed by atoms with van der Waals surface area (Å²) in [5, 5.41) is 10.3. The standard InChI is InChI=1S/C13H17ClO/c1-13(2,15)10-6-9-12(14)11-7-4-3-5-8-11/h3-5,7-9,15H,6,10H2,1-2H3. The molecule has 0 aliphatic rings. The van der Waals surface area contributed by atoms with Crippen LogP contribution < -0.4 is 0 Å². The van der Waals surface area contributed by atoms with Crippen LogP contribution in [-0.4, -0.2) is 10.7 Å². The summed E-state index contributed by atoms with van der Waals surface area (Å²) < 4.78 is 0. The van der Waals surface area contributed by atoms with Gasteiger partial charge in [0.2, 0.25) is 0 Å². The lowest BCUT2D eigenvalue weighted by molar-refractivity contribution is 0.0722. The predicted molar refractivity (Wildman–Crippen MR) is 65.8 cm³/mol. The van der Waals surface area contributed by atoms with Crippen molar-refractivity contribution < 1.29 is 5.11 Å². The molecule has 15 heavy (non-hydrogen) atoms. The van der Waals surface area contributed by atoms with E-state index in [2.05, 4.69) is 0 Å². The Morgan fingerprint density at radius 2 is 1.93 bits per heavy atom. The summed E-state index contributed by atoms with van der Waals surface area (Å²) in [5.41, 5.74) is 0.402. The molecule has 0 atom stereocenters. The van der Waals surface area contributed by atoms with Gasteiger partial charge in [-0.25, -0.2) is 0 Å². The molecule has 1 aromatic rings. The van der Waals surface area contributed by atoms with E-state index in [0.717, 1.165) is 23.4 Å². The average Bonchev–Trinajstić information content (AvgIpc) is 2.17. The molecular formula is C13H17ClO. The van der Waals surface area contributed by atoms with Crippen LogP contribution in [0.5, 0.6) is 0 Å². The smallest absolute Gasteiger partial charge is 0.0594 e.